The Labute approximate surface area is 110 Å². The van der Waals surface area contributed by atoms with Crippen molar-refractivity contribution in [3.05, 3.63) is 59.6 Å². The van der Waals surface area contributed by atoms with E-state index >= 15 is 0 Å². The SMILES string of the molecule is FS(F)(F)N(c1ccccc1)c1ccc(Cl)cc1. The van der Waals surface area contributed by atoms with Gasteiger partial charge in [0.05, 0.1) is 11.4 Å². The average molecular weight is 292 g/mol. The van der Waals surface area contributed by atoms with E-state index in [9.17, 15) is 11.7 Å². The van der Waals surface area contributed by atoms with Crippen molar-refractivity contribution in [2.75, 3.05) is 4.31 Å². The van der Waals surface area contributed by atoms with E-state index in [0.29, 0.717) is 9.33 Å². The first-order chi connectivity index (χ1) is 8.48. The van der Waals surface area contributed by atoms with Crippen LogP contribution in [0.4, 0.5) is 23.0 Å². The second-order valence-corrected chi connectivity index (χ2v) is 5.05. The van der Waals surface area contributed by atoms with Gasteiger partial charge in [-0.2, -0.15) is 0 Å². The summed E-state index contributed by atoms with van der Waals surface area (Å²) in [5.41, 5.74) is 0.162. The van der Waals surface area contributed by atoms with Gasteiger partial charge < -0.3 is 0 Å². The monoisotopic (exact) mass is 291 g/mol. The van der Waals surface area contributed by atoms with E-state index in [0.717, 1.165) is 0 Å². The number of benzene rings is 2. The van der Waals surface area contributed by atoms with E-state index in [1.54, 1.807) is 18.2 Å². The molecule has 6 heteroatoms. The van der Waals surface area contributed by atoms with Crippen molar-refractivity contribution in [3.63, 3.8) is 0 Å². The number of anilines is 2. The van der Waals surface area contributed by atoms with Crippen molar-refractivity contribution in [2.24, 2.45) is 0 Å². The van der Waals surface area contributed by atoms with Crippen LogP contribution in [0.3, 0.4) is 0 Å². The van der Waals surface area contributed by atoms with Crippen molar-refractivity contribution in [3.8, 4) is 0 Å². The van der Waals surface area contributed by atoms with Crippen molar-refractivity contribution in [1.29, 1.82) is 0 Å². The third-order valence-corrected chi connectivity index (χ3v) is 3.35. The average Bonchev–Trinajstić information content (AvgIpc) is 2.32. The van der Waals surface area contributed by atoms with Gasteiger partial charge in [-0.1, -0.05) is 29.8 Å². The Hall–Kier alpha value is -1.33. The molecule has 0 spiro atoms. The van der Waals surface area contributed by atoms with Crippen LogP contribution in [0, 0.1) is 0 Å². The number of halogens is 4. The fourth-order valence-electron chi connectivity index (χ4n) is 1.53. The first kappa shape index (κ1) is 13.1. The molecule has 2 aromatic carbocycles. The fraction of sp³-hybridized carbons (Fsp3) is 0. The highest BCUT2D eigenvalue weighted by Crippen LogP contribution is 2.61. The third-order valence-electron chi connectivity index (χ3n) is 2.26. The lowest BCUT2D eigenvalue weighted by Gasteiger charge is -2.29. The zero-order valence-electron chi connectivity index (χ0n) is 9.06. The predicted octanol–water partition coefficient (Wildman–Crippen LogP) is 5.85. The summed E-state index contributed by atoms with van der Waals surface area (Å²) in [7, 11) is 0. The first-order valence-electron chi connectivity index (χ1n) is 5.01. The van der Waals surface area contributed by atoms with Crippen molar-refractivity contribution in [1.82, 2.24) is 0 Å². The molecule has 0 aliphatic rings. The van der Waals surface area contributed by atoms with Gasteiger partial charge in [-0.25, -0.2) is 4.31 Å². The van der Waals surface area contributed by atoms with E-state index < -0.39 is 11.4 Å². The summed E-state index contributed by atoms with van der Waals surface area (Å²) in [6.07, 6.45) is 0. The molecular weight excluding hydrogens is 283 g/mol. The van der Waals surface area contributed by atoms with Gasteiger partial charge in [0.2, 0.25) is 0 Å². The third kappa shape index (κ3) is 2.91. The van der Waals surface area contributed by atoms with Crippen LogP contribution in [0.1, 0.15) is 0 Å². The van der Waals surface area contributed by atoms with E-state index in [2.05, 4.69) is 0 Å². The van der Waals surface area contributed by atoms with Gasteiger partial charge in [-0.3, -0.25) is 0 Å². The molecule has 1 nitrogen and oxygen atoms in total. The molecule has 0 saturated carbocycles. The second kappa shape index (κ2) is 5.12. The maximum Gasteiger partial charge on any atom is 0.306 e. The van der Waals surface area contributed by atoms with Gasteiger partial charge in [0.15, 0.2) is 0 Å². The highest BCUT2D eigenvalue weighted by molar-refractivity contribution is 8.22. The van der Waals surface area contributed by atoms with Gasteiger partial charge in [0.1, 0.15) is 0 Å². The zero-order valence-corrected chi connectivity index (χ0v) is 10.6. The molecule has 2 rings (SSSR count). The highest BCUT2D eigenvalue weighted by Gasteiger charge is 2.33. The Morgan fingerprint density at radius 3 is 1.78 bits per heavy atom. The van der Waals surface area contributed by atoms with E-state index in [4.69, 9.17) is 11.6 Å². The summed E-state index contributed by atoms with van der Waals surface area (Å²) in [5, 5.41) is 0.406. The van der Waals surface area contributed by atoms with E-state index in [1.807, 2.05) is 0 Å². The van der Waals surface area contributed by atoms with Gasteiger partial charge >= 0.3 is 11.4 Å². The number of hydrogen-bond donors (Lipinski definition) is 0. The summed E-state index contributed by atoms with van der Waals surface area (Å²) >= 11 is 0.290. The van der Waals surface area contributed by atoms with Crippen LogP contribution in [0.25, 0.3) is 0 Å². The van der Waals surface area contributed by atoms with Gasteiger partial charge in [-0.15, -0.1) is 11.7 Å². The number of nitrogens with zero attached hydrogens (tertiary/aromatic N) is 1. The van der Waals surface area contributed by atoms with Crippen LogP contribution in [-0.2, 0) is 0 Å². The largest absolute Gasteiger partial charge is 0.306 e. The first-order valence-corrected chi connectivity index (χ1v) is 6.68. The van der Waals surface area contributed by atoms with E-state index in [1.165, 1.54) is 36.4 Å². The molecule has 0 radical (unpaired) electrons. The minimum atomic E-state index is -5.39. The molecule has 0 aliphatic carbocycles. The molecule has 0 N–H and O–H groups in total. The minimum absolute atomic E-state index is 0.0631. The number of para-hydroxylation sites is 1. The van der Waals surface area contributed by atoms with Crippen LogP contribution in [0.2, 0.25) is 5.02 Å². The summed E-state index contributed by atoms with van der Waals surface area (Å²) < 4.78 is 39.9. The summed E-state index contributed by atoms with van der Waals surface area (Å²) in [5.74, 6) is 0. The molecule has 0 atom stereocenters. The molecule has 18 heavy (non-hydrogen) atoms. The lowest BCUT2D eigenvalue weighted by molar-refractivity contribution is 0.633. The van der Waals surface area contributed by atoms with Crippen LogP contribution < -0.4 is 4.31 Å². The normalized spacial score (nSPS) is 12.2. The molecule has 0 heterocycles. The number of hydrogen-bond acceptors (Lipinski definition) is 1. The molecule has 0 aromatic heterocycles. The summed E-state index contributed by atoms with van der Waals surface area (Å²) in [4.78, 5) is 0. The Balaban J connectivity index is 2.47. The van der Waals surface area contributed by atoms with Crippen LogP contribution in [0.5, 0.6) is 0 Å². The predicted molar refractivity (Wildman–Crippen MR) is 70.9 cm³/mol. The van der Waals surface area contributed by atoms with Gasteiger partial charge in [0, 0.05) is 5.02 Å². The Morgan fingerprint density at radius 2 is 1.28 bits per heavy atom. The quantitative estimate of drug-likeness (QED) is 0.685. The van der Waals surface area contributed by atoms with Crippen LogP contribution in [-0.4, -0.2) is 0 Å². The Bertz CT molecular complexity index is 513. The molecule has 2 aromatic rings. The van der Waals surface area contributed by atoms with E-state index in [-0.39, 0.29) is 11.4 Å². The standard InChI is InChI=1S/C12H9ClF3NS/c13-10-6-8-12(9-7-10)17(18(14,15)16)11-4-2-1-3-5-11/h1-9H. The molecule has 0 amide bonds. The smallest absolute Gasteiger partial charge is 0.229 e. The zero-order chi connectivity index (χ0) is 13.2. The number of rotatable bonds is 3. The van der Waals surface area contributed by atoms with Crippen molar-refractivity contribution in [2.45, 2.75) is 0 Å². The Kier molecular flexibility index (Phi) is 3.73. The minimum Gasteiger partial charge on any atom is -0.229 e. The van der Waals surface area contributed by atoms with Crippen molar-refractivity contribution >= 4 is 34.3 Å². The molecular formula is C12H9ClF3NS. The molecule has 0 bridgehead atoms. The van der Waals surface area contributed by atoms with Crippen LogP contribution >= 0.6 is 23.0 Å². The molecule has 0 saturated heterocycles. The molecule has 0 fully saturated rings. The van der Waals surface area contributed by atoms with Gasteiger partial charge in [0.25, 0.3) is 0 Å². The molecule has 0 unspecified atom stereocenters. The molecule has 96 valence electrons. The highest BCUT2D eigenvalue weighted by atomic mass is 35.5. The maximum atomic E-state index is 13.2. The maximum absolute atomic E-state index is 13.2. The fourth-order valence-corrected chi connectivity index (χ4v) is 2.38. The van der Waals surface area contributed by atoms with Crippen molar-refractivity contribution < 1.29 is 11.7 Å². The molecule has 0 aliphatic heterocycles. The summed E-state index contributed by atoms with van der Waals surface area (Å²) in [6, 6.07) is 13.3. The lowest BCUT2D eigenvalue weighted by atomic mass is 10.3. The lowest BCUT2D eigenvalue weighted by Crippen LogP contribution is -2.13. The van der Waals surface area contributed by atoms with Gasteiger partial charge in [-0.05, 0) is 36.4 Å². The Morgan fingerprint density at radius 1 is 0.778 bits per heavy atom. The second-order valence-electron chi connectivity index (χ2n) is 3.49. The van der Waals surface area contributed by atoms with Crippen LogP contribution in [0.15, 0.2) is 54.6 Å². The summed E-state index contributed by atoms with van der Waals surface area (Å²) in [6.45, 7) is 0. The topological polar surface area (TPSA) is 3.24 Å².